The second-order valence-electron chi connectivity index (χ2n) is 9.93. The van der Waals surface area contributed by atoms with Gasteiger partial charge in [-0.25, -0.2) is 9.55 Å². The highest BCUT2D eigenvalue weighted by molar-refractivity contribution is 8.13. The number of aliphatic carboxylic acids is 1. The number of thioether (sulfide) groups is 1. The van der Waals surface area contributed by atoms with E-state index in [4.69, 9.17) is 19.5 Å². The molecule has 3 N–H and O–H groups in total. The van der Waals surface area contributed by atoms with Crippen molar-refractivity contribution in [3.63, 3.8) is 0 Å². The molecular weight excluding hydrogens is 535 g/mol. The Labute approximate surface area is 225 Å². The third-order valence-electron chi connectivity index (χ3n) is 6.05. The van der Waals surface area contributed by atoms with Crippen LogP contribution in [0.4, 0.5) is 5.95 Å². The van der Waals surface area contributed by atoms with Crippen molar-refractivity contribution in [2.45, 2.75) is 46.2 Å². The molecule has 0 amide bonds. The van der Waals surface area contributed by atoms with Crippen LogP contribution in [0.5, 0.6) is 5.88 Å². The van der Waals surface area contributed by atoms with Crippen LogP contribution in [0.25, 0.3) is 11.2 Å². The van der Waals surface area contributed by atoms with Gasteiger partial charge < -0.3 is 20.1 Å². The maximum atomic E-state index is 13.7. The number of carbonyl (C=O) groups is 2. The summed E-state index contributed by atoms with van der Waals surface area (Å²) in [5, 5.41) is 9.42. The molecule has 2 aromatic heterocycles. The summed E-state index contributed by atoms with van der Waals surface area (Å²) in [5.41, 5.74) is 6.31. The number of carbonyl (C=O) groups excluding carboxylic acids is 1. The number of likely N-dealkylation sites (N-methyl/N-ethyl adjacent to an activating group) is 1. The van der Waals surface area contributed by atoms with Gasteiger partial charge in [0.1, 0.15) is 6.04 Å². The Balaban J connectivity index is 1.67. The van der Waals surface area contributed by atoms with Crippen molar-refractivity contribution in [2.75, 3.05) is 38.9 Å². The van der Waals surface area contributed by atoms with Gasteiger partial charge in [0.05, 0.1) is 32.7 Å². The standard InChI is InChI=1S/C23H35N6O7PS/c1-14(20(30)31)28(5)37(33,35-9-10-38-21(32)23(2,3)4)36-12-15-7-8-16(11-15)29-13-25-17-18(29)26-22(24)27-19(17)34-6/h7-8,13-16H,9-12H2,1-6H3,(H,30,31)(H2,24,26,27)/t14?,15-,16+,37?/m1/s1. The van der Waals surface area contributed by atoms with Crippen LogP contribution in [0.15, 0.2) is 18.5 Å². The van der Waals surface area contributed by atoms with E-state index in [2.05, 4.69) is 15.0 Å². The lowest BCUT2D eigenvalue weighted by Gasteiger charge is -2.30. The van der Waals surface area contributed by atoms with Gasteiger partial charge in [-0.2, -0.15) is 14.6 Å². The fourth-order valence-electron chi connectivity index (χ4n) is 3.66. The van der Waals surface area contributed by atoms with Gasteiger partial charge in [0, 0.05) is 17.1 Å². The van der Waals surface area contributed by atoms with Gasteiger partial charge >= 0.3 is 13.7 Å². The first-order valence-electron chi connectivity index (χ1n) is 12.0. The summed E-state index contributed by atoms with van der Waals surface area (Å²) >= 11 is 1.07. The van der Waals surface area contributed by atoms with Crippen LogP contribution in [-0.4, -0.2) is 79.5 Å². The molecule has 0 aliphatic heterocycles. The molecule has 2 aromatic rings. The van der Waals surface area contributed by atoms with E-state index in [1.807, 2.05) is 37.5 Å². The molecule has 38 heavy (non-hydrogen) atoms. The molecule has 2 unspecified atom stereocenters. The number of ether oxygens (including phenoxy) is 1. The van der Waals surface area contributed by atoms with Gasteiger partial charge in [-0.15, -0.1) is 0 Å². The fraction of sp³-hybridized carbons (Fsp3) is 0.609. The van der Waals surface area contributed by atoms with Crippen LogP contribution < -0.4 is 10.5 Å². The molecule has 0 saturated carbocycles. The number of hydrogen-bond donors (Lipinski definition) is 2. The van der Waals surface area contributed by atoms with Crippen LogP contribution in [0.3, 0.4) is 0 Å². The Kier molecular flexibility index (Phi) is 9.58. The van der Waals surface area contributed by atoms with E-state index in [-0.39, 0.29) is 47.9 Å². The number of nitrogens with two attached hydrogens (primary N) is 1. The predicted molar refractivity (Wildman–Crippen MR) is 144 cm³/mol. The number of methoxy groups -OCH3 is 1. The van der Waals surface area contributed by atoms with Crippen molar-refractivity contribution >= 4 is 47.7 Å². The number of nitrogens with zero attached hydrogens (tertiary/aromatic N) is 5. The molecule has 0 fully saturated rings. The molecule has 1 aliphatic carbocycles. The van der Waals surface area contributed by atoms with Crippen molar-refractivity contribution in [2.24, 2.45) is 11.3 Å². The van der Waals surface area contributed by atoms with E-state index in [0.717, 1.165) is 16.4 Å². The summed E-state index contributed by atoms with van der Waals surface area (Å²) in [5.74, 6) is -0.701. The molecule has 210 valence electrons. The van der Waals surface area contributed by atoms with Gasteiger partial charge in [-0.3, -0.25) is 18.6 Å². The summed E-state index contributed by atoms with van der Waals surface area (Å²) in [4.78, 5) is 36.4. The van der Waals surface area contributed by atoms with Crippen LogP contribution in [0, 0.1) is 11.3 Å². The first-order chi connectivity index (χ1) is 17.8. The van der Waals surface area contributed by atoms with E-state index in [1.54, 1.807) is 6.33 Å². The Morgan fingerprint density at radius 1 is 1.32 bits per heavy atom. The molecule has 0 radical (unpaired) electrons. The number of rotatable bonds is 12. The average Bonchev–Trinajstić information content (AvgIpc) is 3.50. The largest absolute Gasteiger partial charge is 0.480 e. The number of fused-ring (bicyclic) bond motifs is 1. The average molecular weight is 571 g/mol. The molecule has 0 saturated heterocycles. The highest BCUT2D eigenvalue weighted by Gasteiger charge is 2.38. The summed E-state index contributed by atoms with van der Waals surface area (Å²) in [7, 11) is -1.13. The molecule has 15 heteroatoms. The molecular formula is C23H35N6O7PS. The van der Waals surface area contributed by atoms with Crippen LogP contribution in [0.2, 0.25) is 0 Å². The zero-order valence-electron chi connectivity index (χ0n) is 22.4. The van der Waals surface area contributed by atoms with Crippen LogP contribution >= 0.6 is 19.5 Å². The van der Waals surface area contributed by atoms with Gasteiger partial charge in [0.15, 0.2) is 16.3 Å². The maximum absolute atomic E-state index is 13.7. The minimum atomic E-state index is -3.99. The lowest BCUT2D eigenvalue weighted by Crippen LogP contribution is -2.35. The number of anilines is 1. The molecule has 3 rings (SSSR count). The monoisotopic (exact) mass is 570 g/mol. The lowest BCUT2D eigenvalue weighted by molar-refractivity contribution is -0.141. The Hall–Kier alpha value is -2.51. The molecule has 1 aliphatic rings. The van der Waals surface area contributed by atoms with Gasteiger partial charge in [-0.05, 0) is 20.4 Å². The second kappa shape index (κ2) is 12.1. The smallest absolute Gasteiger partial charge is 0.408 e. The predicted octanol–water partition coefficient (Wildman–Crippen LogP) is 3.39. The number of aromatic nitrogens is 4. The summed E-state index contributed by atoms with van der Waals surface area (Å²) in [6.45, 7) is 6.82. The zero-order valence-corrected chi connectivity index (χ0v) is 24.1. The summed E-state index contributed by atoms with van der Waals surface area (Å²) < 4.78 is 33.3. The lowest BCUT2D eigenvalue weighted by atomic mass is 10.00. The number of allylic oxidation sites excluding steroid dienone is 1. The number of carboxylic acid groups (broad SMARTS) is 1. The Morgan fingerprint density at radius 2 is 2.03 bits per heavy atom. The first kappa shape index (κ1) is 30.0. The quantitative estimate of drug-likeness (QED) is 0.216. The molecule has 2 heterocycles. The zero-order chi connectivity index (χ0) is 28.3. The first-order valence-corrected chi connectivity index (χ1v) is 14.5. The maximum Gasteiger partial charge on any atom is 0.408 e. The van der Waals surface area contributed by atoms with E-state index in [9.17, 15) is 19.3 Å². The van der Waals surface area contributed by atoms with Gasteiger partial charge in [-0.1, -0.05) is 44.7 Å². The molecule has 0 spiro atoms. The second-order valence-corrected chi connectivity index (χ2v) is 13.1. The third kappa shape index (κ3) is 6.92. The number of carboxylic acids is 1. The minimum Gasteiger partial charge on any atom is -0.480 e. The molecule has 0 aromatic carbocycles. The SMILES string of the molecule is COc1nc(N)nc2c1ncn2[C@H]1C=C[C@@H](COP(=O)(OCCSC(=O)C(C)(C)C)N(C)C(C)C(=O)O)C1. The van der Waals surface area contributed by atoms with Crippen molar-refractivity contribution in [3.8, 4) is 5.88 Å². The topological polar surface area (TPSA) is 172 Å². The Bertz CT molecular complexity index is 1250. The third-order valence-corrected chi connectivity index (χ3v) is 9.40. The van der Waals surface area contributed by atoms with Crippen LogP contribution in [-0.2, 0) is 23.2 Å². The van der Waals surface area contributed by atoms with E-state index < -0.39 is 25.2 Å². The molecule has 4 atom stereocenters. The van der Waals surface area contributed by atoms with Crippen molar-refractivity contribution in [1.82, 2.24) is 24.2 Å². The van der Waals surface area contributed by atoms with Gasteiger partial charge in [0.25, 0.3) is 0 Å². The normalized spacial score (nSPS) is 20.1. The van der Waals surface area contributed by atoms with Gasteiger partial charge in [0.2, 0.25) is 11.8 Å². The molecule has 0 bridgehead atoms. The Morgan fingerprint density at radius 3 is 2.66 bits per heavy atom. The van der Waals surface area contributed by atoms with E-state index >= 15 is 0 Å². The molecule has 13 nitrogen and oxygen atoms in total. The number of nitrogen functional groups attached to an aromatic ring is 1. The number of hydrogen-bond acceptors (Lipinski definition) is 11. The van der Waals surface area contributed by atoms with Crippen molar-refractivity contribution in [3.05, 3.63) is 18.5 Å². The summed E-state index contributed by atoms with van der Waals surface area (Å²) in [6.07, 6.45) is 6.11. The fourth-order valence-corrected chi connectivity index (χ4v) is 6.23. The van der Waals surface area contributed by atoms with Crippen LogP contribution in [0.1, 0.15) is 40.2 Å². The van der Waals surface area contributed by atoms with E-state index in [1.165, 1.54) is 21.1 Å². The van der Waals surface area contributed by atoms with E-state index in [0.29, 0.717) is 17.6 Å². The highest BCUT2D eigenvalue weighted by Crippen LogP contribution is 2.53. The highest BCUT2D eigenvalue weighted by atomic mass is 32.2. The van der Waals surface area contributed by atoms with Crippen molar-refractivity contribution < 1.29 is 33.0 Å². The number of imidazole rings is 1. The minimum absolute atomic E-state index is 0.0251. The summed E-state index contributed by atoms with van der Waals surface area (Å²) in [6, 6.07) is -1.24. The van der Waals surface area contributed by atoms with Crippen molar-refractivity contribution in [1.29, 1.82) is 0 Å².